The highest BCUT2D eigenvalue weighted by Crippen LogP contribution is 2.47. The van der Waals surface area contributed by atoms with Crippen LogP contribution in [-0.2, 0) is 10.2 Å². The molecule has 2 N–H and O–H groups in total. The standard InChI is InChI=1S/C17H18F3N3O/c1-17(6-7-17)13-9-14(23-22-13)21-15(24)8-11(16(19)20)10-4-2-3-5-12(10)18/h2-5,9,11,16H,6-8H2,1H3,(H2,21,22,23,24). The van der Waals surface area contributed by atoms with E-state index >= 15 is 0 Å². The van der Waals surface area contributed by atoms with Gasteiger partial charge in [0.05, 0.1) is 5.92 Å². The highest BCUT2D eigenvalue weighted by molar-refractivity contribution is 5.90. The summed E-state index contributed by atoms with van der Waals surface area (Å²) in [6, 6.07) is 7.00. The Morgan fingerprint density at radius 1 is 1.38 bits per heavy atom. The van der Waals surface area contributed by atoms with Crippen LogP contribution in [0.3, 0.4) is 0 Å². The Morgan fingerprint density at radius 3 is 2.71 bits per heavy atom. The first-order valence-electron chi connectivity index (χ1n) is 7.77. The van der Waals surface area contributed by atoms with E-state index in [0.717, 1.165) is 24.6 Å². The Balaban J connectivity index is 1.68. The molecular formula is C17H18F3N3O. The molecule has 7 heteroatoms. The van der Waals surface area contributed by atoms with Gasteiger partial charge in [-0.3, -0.25) is 9.89 Å². The quantitative estimate of drug-likeness (QED) is 0.838. The van der Waals surface area contributed by atoms with E-state index in [2.05, 4.69) is 22.4 Å². The number of alkyl halides is 2. The third kappa shape index (κ3) is 3.44. The van der Waals surface area contributed by atoms with Gasteiger partial charge in [0, 0.05) is 23.6 Å². The second-order valence-electron chi connectivity index (χ2n) is 6.44. The third-order valence-corrected chi connectivity index (χ3v) is 4.51. The van der Waals surface area contributed by atoms with Gasteiger partial charge in [0.2, 0.25) is 12.3 Å². The minimum absolute atomic E-state index is 0.0641. The Hall–Kier alpha value is -2.31. The van der Waals surface area contributed by atoms with Gasteiger partial charge in [-0.25, -0.2) is 13.2 Å². The summed E-state index contributed by atoms with van der Waals surface area (Å²) in [6.07, 6.45) is -1.27. The second kappa shape index (κ2) is 6.30. The average Bonchev–Trinajstić information content (AvgIpc) is 3.10. The molecule has 1 fully saturated rings. The van der Waals surface area contributed by atoms with Crippen molar-refractivity contribution in [2.45, 2.75) is 43.9 Å². The molecule has 4 nitrogen and oxygen atoms in total. The number of hydrogen-bond acceptors (Lipinski definition) is 2. The Kier molecular flexibility index (Phi) is 4.34. The topological polar surface area (TPSA) is 57.8 Å². The predicted molar refractivity (Wildman–Crippen MR) is 83.6 cm³/mol. The van der Waals surface area contributed by atoms with Crippen LogP contribution in [0, 0.1) is 5.82 Å². The van der Waals surface area contributed by atoms with Crippen molar-refractivity contribution in [2.24, 2.45) is 0 Å². The van der Waals surface area contributed by atoms with Crippen molar-refractivity contribution in [2.75, 3.05) is 5.32 Å². The normalized spacial score (nSPS) is 16.9. The molecule has 24 heavy (non-hydrogen) atoms. The van der Waals surface area contributed by atoms with Crippen LogP contribution in [0.5, 0.6) is 0 Å². The van der Waals surface area contributed by atoms with Crippen molar-refractivity contribution in [3.05, 3.63) is 47.4 Å². The van der Waals surface area contributed by atoms with Gasteiger partial charge in [-0.15, -0.1) is 0 Å². The number of nitrogens with zero attached hydrogens (tertiary/aromatic N) is 1. The minimum atomic E-state index is -2.84. The fourth-order valence-electron chi connectivity index (χ4n) is 2.66. The summed E-state index contributed by atoms with van der Waals surface area (Å²) in [5, 5.41) is 9.34. The number of H-pyrrole nitrogens is 1. The van der Waals surface area contributed by atoms with Crippen LogP contribution >= 0.6 is 0 Å². The van der Waals surface area contributed by atoms with E-state index in [1.54, 1.807) is 6.07 Å². The Labute approximate surface area is 137 Å². The average molecular weight is 337 g/mol. The van der Waals surface area contributed by atoms with Gasteiger partial charge in [0.1, 0.15) is 5.82 Å². The van der Waals surface area contributed by atoms with Crippen molar-refractivity contribution in [1.82, 2.24) is 10.2 Å². The van der Waals surface area contributed by atoms with Crippen LogP contribution in [0.1, 0.15) is 43.4 Å². The SMILES string of the molecule is CC1(c2cc(NC(=O)CC(c3ccccc3F)C(F)F)n[nH]2)CC1. The summed E-state index contributed by atoms with van der Waals surface area (Å²) < 4.78 is 40.3. The molecule has 1 aliphatic carbocycles. The molecule has 3 rings (SSSR count). The lowest BCUT2D eigenvalue weighted by molar-refractivity contribution is -0.117. The van der Waals surface area contributed by atoms with Crippen LogP contribution < -0.4 is 5.32 Å². The van der Waals surface area contributed by atoms with Gasteiger partial charge in [-0.2, -0.15) is 5.10 Å². The molecule has 1 atom stereocenters. The maximum absolute atomic E-state index is 13.7. The summed E-state index contributed by atoms with van der Waals surface area (Å²) in [7, 11) is 0. The fraction of sp³-hybridized carbons (Fsp3) is 0.412. The molecular weight excluding hydrogens is 319 g/mol. The van der Waals surface area contributed by atoms with E-state index in [0.29, 0.717) is 5.82 Å². The fourth-order valence-corrected chi connectivity index (χ4v) is 2.66. The lowest BCUT2D eigenvalue weighted by Crippen LogP contribution is -2.20. The van der Waals surface area contributed by atoms with E-state index in [4.69, 9.17) is 0 Å². The number of aromatic nitrogens is 2. The lowest BCUT2D eigenvalue weighted by atomic mass is 9.95. The number of halogens is 3. The zero-order valence-electron chi connectivity index (χ0n) is 13.2. The number of benzene rings is 1. The highest BCUT2D eigenvalue weighted by Gasteiger charge is 2.40. The van der Waals surface area contributed by atoms with Gasteiger partial charge < -0.3 is 5.32 Å². The number of amides is 1. The van der Waals surface area contributed by atoms with Gasteiger partial charge in [0.25, 0.3) is 0 Å². The largest absolute Gasteiger partial charge is 0.309 e. The number of carbonyl (C=O) groups is 1. The van der Waals surface area contributed by atoms with Crippen molar-refractivity contribution in [1.29, 1.82) is 0 Å². The Bertz CT molecular complexity index is 740. The molecule has 1 aliphatic rings. The number of nitrogens with one attached hydrogen (secondary N) is 2. The number of anilines is 1. The number of hydrogen-bond donors (Lipinski definition) is 2. The summed E-state index contributed by atoms with van der Waals surface area (Å²) >= 11 is 0. The van der Waals surface area contributed by atoms with Crippen molar-refractivity contribution in [3.63, 3.8) is 0 Å². The lowest BCUT2D eigenvalue weighted by Gasteiger charge is -2.16. The van der Waals surface area contributed by atoms with Crippen molar-refractivity contribution < 1.29 is 18.0 Å². The minimum Gasteiger partial charge on any atom is -0.309 e. The molecule has 0 spiro atoms. The van der Waals surface area contributed by atoms with Crippen molar-refractivity contribution in [3.8, 4) is 0 Å². The molecule has 128 valence electrons. The smallest absolute Gasteiger partial charge is 0.246 e. The first-order valence-corrected chi connectivity index (χ1v) is 7.77. The number of aromatic amines is 1. The molecule has 1 heterocycles. The van der Waals surface area contributed by atoms with Gasteiger partial charge in [-0.05, 0) is 24.5 Å². The zero-order valence-corrected chi connectivity index (χ0v) is 13.2. The molecule has 0 bridgehead atoms. The van der Waals surface area contributed by atoms with Crippen LogP contribution in [-0.4, -0.2) is 22.5 Å². The van der Waals surface area contributed by atoms with E-state index in [1.165, 1.54) is 18.2 Å². The highest BCUT2D eigenvalue weighted by atomic mass is 19.3. The first-order chi connectivity index (χ1) is 11.4. The van der Waals surface area contributed by atoms with Gasteiger partial charge in [-0.1, -0.05) is 25.1 Å². The monoisotopic (exact) mass is 337 g/mol. The molecule has 0 radical (unpaired) electrons. The summed E-state index contributed by atoms with van der Waals surface area (Å²) in [6.45, 7) is 2.08. The van der Waals surface area contributed by atoms with Crippen LogP contribution in [0.4, 0.5) is 19.0 Å². The molecule has 1 aromatic carbocycles. The third-order valence-electron chi connectivity index (χ3n) is 4.51. The number of carbonyl (C=O) groups excluding carboxylic acids is 1. The summed E-state index contributed by atoms with van der Waals surface area (Å²) in [5.74, 6) is -2.56. The molecule has 0 saturated heterocycles. The molecule has 1 saturated carbocycles. The van der Waals surface area contributed by atoms with Crippen LogP contribution in [0.25, 0.3) is 0 Å². The van der Waals surface area contributed by atoms with E-state index < -0.39 is 30.5 Å². The van der Waals surface area contributed by atoms with E-state index in [-0.39, 0.29) is 11.0 Å². The number of rotatable bonds is 6. The van der Waals surface area contributed by atoms with E-state index in [1.807, 2.05) is 0 Å². The van der Waals surface area contributed by atoms with Gasteiger partial charge >= 0.3 is 0 Å². The second-order valence-corrected chi connectivity index (χ2v) is 6.44. The molecule has 2 aromatic rings. The van der Waals surface area contributed by atoms with Crippen molar-refractivity contribution >= 4 is 11.7 Å². The predicted octanol–water partition coefficient (Wildman–Crippen LogP) is 3.98. The zero-order chi connectivity index (χ0) is 17.3. The molecule has 1 aromatic heterocycles. The summed E-state index contributed by atoms with van der Waals surface area (Å²) in [5.41, 5.74) is 0.822. The van der Waals surface area contributed by atoms with Gasteiger partial charge in [0.15, 0.2) is 5.82 Å². The van der Waals surface area contributed by atoms with Crippen LogP contribution in [0.15, 0.2) is 30.3 Å². The first kappa shape index (κ1) is 16.5. The maximum atomic E-state index is 13.7. The molecule has 1 unspecified atom stereocenters. The van der Waals surface area contributed by atoms with Crippen LogP contribution in [0.2, 0.25) is 0 Å². The molecule has 1 amide bonds. The summed E-state index contributed by atoms with van der Waals surface area (Å²) in [4.78, 5) is 12.1. The maximum Gasteiger partial charge on any atom is 0.246 e. The Morgan fingerprint density at radius 2 is 2.08 bits per heavy atom. The van der Waals surface area contributed by atoms with E-state index in [9.17, 15) is 18.0 Å². The molecule has 0 aliphatic heterocycles.